The van der Waals surface area contributed by atoms with Gasteiger partial charge in [0, 0.05) is 31.4 Å². The van der Waals surface area contributed by atoms with Crippen LogP contribution in [0.25, 0.3) is 0 Å². The summed E-state index contributed by atoms with van der Waals surface area (Å²) in [5.74, 6) is 2.78. The smallest absolute Gasteiger partial charge is 0.224 e. The standard InChI is InChI=1S/C16H28N4/c1-4-9-17-16-18-12-13(3)15(19-16)20-10-6-7-14(5-2)8-11-20/h12,14H,4-11H2,1-3H3,(H,17,18,19). The fourth-order valence-electron chi connectivity index (χ4n) is 2.86. The minimum absolute atomic E-state index is 0.767. The minimum Gasteiger partial charge on any atom is -0.356 e. The van der Waals surface area contributed by atoms with Gasteiger partial charge in [-0.05, 0) is 38.5 Å². The van der Waals surface area contributed by atoms with Crippen LogP contribution in [0.15, 0.2) is 6.20 Å². The van der Waals surface area contributed by atoms with Crippen LogP contribution in [0.5, 0.6) is 0 Å². The molecule has 1 saturated heterocycles. The first-order valence-corrected chi connectivity index (χ1v) is 8.07. The Balaban J connectivity index is 2.10. The molecule has 1 aromatic rings. The van der Waals surface area contributed by atoms with Crippen molar-refractivity contribution in [3.63, 3.8) is 0 Å². The predicted octanol–water partition coefficient (Wildman–Crippen LogP) is 3.62. The normalized spacial score (nSPS) is 19.8. The second-order valence-corrected chi connectivity index (χ2v) is 5.82. The molecule has 1 atom stereocenters. The van der Waals surface area contributed by atoms with Gasteiger partial charge in [-0.2, -0.15) is 4.98 Å². The summed E-state index contributed by atoms with van der Waals surface area (Å²) in [4.78, 5) is 11.6. The molecule has 1 aliphatic rings. The summed E-state index contributed by atoms with van der Waals surface area (Å²) in [5.41, 5.74) is 1.18. The maximum Gasteiger partial charge on any atom is 0.224 e. The van der Waals surface area contributed by atoms with Gasteiger partial charge < -0.3 is 10.2 Å². The van der Waals surface area contributed by atoms with Crippen LogP contribution in [-0.2, 0) is 0 Å². The molecular weight excluding hydrogens is 248 g/mol. The van der Waals surface area contributed by atoms with Gasteiger partial charge in [0.15, 0.2) is 0 Å². The molecule has 0 aliphatic carbocycles. The summed E-state index contributed by atoms with van der Waals surface area (Å²) in [6.07, 6.45) is 8.27. The van der Waals surface area contributed by atoms with E-state index in [1.165, 1.54) is 31.2 Å². The van der Waals surface area contributed by atoms with Crippen LogP contribution in [-0.4, -0.2) is 29.6 Å². The fraction of sp³-hybridized carbons (Fsp3) is 0.750. The molecule has 1 aliphatic heterocycles. The summed E-state index contributed by atoms with van der Waals surface area (Å²) in [5, 5.41) is 3.29. The molecule has 1 fully saturated rings. The van der Waals surface area contributed by atoms with Gasteiger partial charge in [-0.25, -0.2) is 4.98 Å². The third-order valence-corrected chi connectivity index (χ3v) is 4.20. The van der Waals surface area contributed by atoms with E-state index in [2.05, 4.69) is 36.0 Å². The van der Waals surface area contributed by atoms with E-state index in [1.807, 2.05) is 6.20 Å². The molecule has 0 saturated carbocycles. The first kappa shape index (κ1) is 15.1. The topological polar surface area (TPSA) is 41.1 Å². The van der Waals surface area contributed by atoms with Gasteiger partial charge >= 0.3 is 0 Å². The Labute approximate surface area is 123 Å². The molecule has 0 aromatic carbocycles. The highest BCUT2D eigenvalue weighted by Gasteiger charge is 2.18. The van der Waals surface area contributed by atoms with Crippen molar-refractivity contribution < 1.29 is 0 Å². The molecule has 1 N–H and O–H groups in total. The molecular formula is C16H28N4. The van der Waals surface area contributed by atoms with Crippen LogP contribution in [0.4, 0.5) is 11.8 Å². The number of nitrogens with zero attached hydrogens (tertiary/aromatic N) is 3. The van der Waals surface area contributed by atoms with Gasteiger partial charge in [-0.3, -0.25) is 0 Å². The number of hydrogen-bond acceptors (Lipinski definition) is 4. The zero-order valence-corrected chi connectivity index (χ0v) is 13.2. The first-order valence-electron chi connectivity index (χ1n) is 8.07. The number of aromatic nitrogens is 2. The molecule has 0 amide bonds. The Morgan fingerprint density at radius 2 is 2.15 bits per heavy atom. The van der Waals surface area contributed by atoms with Crippen LogP contribution in [0.1, 0.15) is 51.5 Å². The number of rotatable bonds is 5. The van der Waals surface area contributed by atoms with E-state index < -0.39 is 0 Å². The van der Waals surface area contributed by atoms with Crippen LogP contribution in [0, 0.1) is 12.8 Å². The molecule has 1 aromatic heterocycles. The zero-order valence-electron chi connectivity index (χ0n) is 13.2. The number of aryl methyl sites for hydroxylation is 1. The second-order valence-electron chi connectivity index (χ2n) is 5.82. The summed E-state index contributed by atoms with van der Waals surface area (Å²) in [7, 11) is 0. The van der Waals surface area contributed by atoms with E-state index >= 15 is 0 Å². The van der Waals surface area contributed by atoms with Crippen LogP contribution in [0.3, 0.4) is 0 Å². The van der Waals surface area contributed by atoms with Crippen molar-refractivity contribution in [2.75, 3.05) is 29.9 Å². The average Bonchev–Trinajstić information content (AvgIpc) is 2.71. The third-order valence-electron chi connectivity index (χ3n) is 4.20. The maximum absolute atomic E-state index is 4.73. The monoisotopic (exact) mass is 276 g/mol. The molecule has 20 heavy (non-hydrogen) atoms. The Morgan fingerprint density at radius 3 is 2.90 bits per heavy atom. The third kappa shape index (κ3) is 3.84. The van der Waals surface area contributed by atoms with Gasteiger partial charge in [0.1, 0.15) is 5.82 Å². The van der Waals surface area contributed by atoms with Crippen molar-refractivity contribution in [3.05, 3.63) is 11.8 Å². The Hall–Kier alpha value is -1.32. The van der Waals surface area contributed by atoms with Crippen molar-refractivity contribution in [1.82, 2.24) is 9.97 Å². The number of anilines is 2. The largest absolute Gasteiger partial charge is 0.356 e. The van der Waals surface area contributed by atoms with E-state index in [9.17, 15) is 0 Å². The molecule has 4 nitrogen and oxygen atoms in total. The molecule has 2 heterocycles. The van der Waals surface area contributed by atoms with Gasteiger partial charge in [0.25, 0.3) is 0 Å². The van der Waals surface area contributed by atoms with Crippen molar-refractivity contribution in [2.45, 2.75) is 52.9 Å². The molecule has 0 radical (unpaired) electrons. The van der Waals surface area contributed by atoms with E-state index in [0.29, 0.717) is 0 Å². The fourth-order valence-corrected chi connectivity index (χ4v) is 2.86. The van der Waals surface area contributed by atoms with Gasteiger partial charge in [-0.15, -0.1) is 0 Å². The van der Waals surface area contributed by atoms with Crippen molar-refractivity contribution >= 4 is 11.8 Å². The first-order chi connectivity index (χ1) is 9.74. The molecule has 1 unspecified atom stereocenters. The van der Waals surface area contributed by atoms with Gasteiger partial charge in [0.2, 0.25) is 5.95 Å². The zero-order chi connectivity index (χ0) is 14.4. The quantitative estimate of drug-likeness (QED) is 0.891. The van der Waals surface area contributed by atoms with Crippen molar-refractivity contribution in [1.29, 1.82) is 0 Å². The van der Waals surface area contributed by atoms with Gasteiger partial charge in [0.05, 0.1) is 0 Å². The van der Waals surface area contributed by atoms with E-state index in [4.69, 9.17) is 4.98 Å². The predicted molar refractivity (Wildman–Crippen MR) is 85.4 cm³/mol. The lowest BCUT2D eigenvalue weighted by molar-refractivity contribution is 0.459. The van der Waals surface area contributed by atoms with E-state index in [0.717, 1.165) is 43.7 Å². The minimum atomic E-state index is 0.767. The number of nitrogens with one attached hydrogen (secondary N) is 1. The van der Waals surface area contributed by atoms with Crippen molar-refractivity contribution in [2.24, 2.45) is 5.92 Å². The molecule has 112 valence electrons. The number of hydrogen-bond donors (Lipinski definition) is 1. The summed E-state index contributed by atoms with van der Waals surface area (Å²) < 4.78 is 0. The Morgan fingerprint density at radius 1 is 1.30 bits per heavy atom. The second kappa shape index (κ2) is 7.46. The van der Waals surface area contributed by atoms with Crippen LogP contribution >= 0.6 is 0 Å². The van der Waals surface area contributed by atoms with E-state index in [-0.39, 0.29) is 0 Å². The molecule has 2 rings (SSSR count). The highest BCUT2D eigenvalue weighted by Crippen LogP contribution is 2.25. The Bertz CT molecular complexity index is 419. The average molecular weight is 276 g/mol. The maximum atomic E-state index is 4.73. The summed E-state index contributed by atoms with van der Waals surface area (Å²) >= 11 is 0. The van der Waals surface area contributed by atoms with E-state index in [1.54, 1.807) is 0 Å². The Kier molecular flexibility index (Phi) is 5.62. The summed E-state index contributed by atoms with van der Waals surface area (Å²) in [6, 6.07) is 0. The molecule has 0 spiro atoms. The van der Waals surface area contributed by atoms with Crippen LogP contribution < -0.4 is 10.2 Å². The molecule has 4 heteroatoms. The molecule has 0 bridgehead atoms. The van der Waals surface area contributed by atoms with Gasteiger partial charge in [-0.1, -0.05) is 20.3 Å². The lowest BCUT2D eigenvalue weighted by Crippen LogP contribution is -2.26. The lowest BCUT2D eigenvalue weighted by Gasteiger charge is -2.23. The van der Waals surface area contributed by atoms with Crippen molar-refractivity contribution in [3.8, 4) is 0 Å². The SMILES string of the molecule is CCCNc1ncc(C)c(N2CCCC(CC)CC2)n1. The highest BCUT2D eigenvalue weighted by molar-refractivity contribution is 5.49. The lowest BCUT2D eigenvalue weighted by atomic mass is 9.98. The van der Waals surface area contributed by atoms with Crippen LogP contribution in [0.2, 0.25) is 0 Å². The summed E-state index contributed by atoms with van der Waals surface area (Å²) in [6.45, 7) is 9.76. The highest BCUT2D eigenvalue weighted by atomic mass is 15.2.